The van der Waals surface area contributed by atoms with Crippen LogP contribution in [-0.4, -0.2) is 33.9 Å². The lowest BCUT2D eigenvalue weighted by Gasteiger charge is -2.19. The Morgan fingerprint density at radius 1 is 1.24 bits per heavy atom. The molecule has 0 unspecified atom stereocenters. The summed E-state index contributed by atoms with van der Waals surface area (Å²) in [6, 6.07) is 0. The molecule has 1 aliphatic carbocycles. The van der Waals surface area contributed by atoms with Gasteiger partial charge in [0.1, 0.15) is 11.6 Å². The zero-order chi connectivity index (χ0) is 22.2. The van der Waals surface area contributed by atoms with E-state index in [0.717, 1.165) is 25.3 Å². The van der Waals surface area contributed by atoms with Crippen LogP contribution in [0.4, 0.5) is 0 Å². The maximum Gasteiger partial charge on any atom is 0.303 e. The molecule has 0 aromatic heterocycles. The van der Waals surface area contributed by atoms with Gasteiger partial charge in [0.05, 0.1) is 6.10 Å². The lowest BCUT2D eigenvalue weighted by atomic mass is 9.86. The minimum atomic E-state index is -2.59. The van der Waals surface area contributed by atoms with Crippen molar-refractivity contribution >= 4 is 17.5 Å². The number of carboxylic acid groups (broad SMARTS) is 1. The second kappa shape index (κ2) is 12.0. The molecule has 0 aromatic rings. The van der Waals surface area contributed by atoms with E-state index in [0.29, 0.717) is 12.8 Å². The quantitative estimate of drug-likeness (QED) is 0.388. The van der Waals surface area contributed by atoms with E-state index in [1.54, 1.807) is 0 Å². The number of rotatable bonds is 13. The molecule has 25 heavy (non-hydrogen) atoms. The lowest BCUT2D eigenvalue weighted by molar-refractivity contribution is -0.137. The zero-order valence-electron chi connectivity index (χ0n) is 18.9. The van der Waals surface area contributed by atoms with Crippen LogP contribution >= 0.6 is 0 Å². The van der Waals surface area contributed by atoms with Gasteiger partial charge in [0, 0.05) is 37.1 Å². The van der Waals surface area contributed by atoms with Crippen molar-refractivity contribution in [3.8, 4) is 0 Å². The van der Waals surface area contributed by atoms with Gasteiger partial charge in [0.15, 0.2) is 0 Å². The van der Waals surface area contributed by atoms with Crippen LogP contribution in [0.1, 0.15) is 82.9 Å². The molecule has 0 aromatic carbocycles. The number of aliphatic hydroxyl groups excluding tert-OH is 1. The number of allylic oxidation sites excluding steroid dienone is 2. The number of Topliss-reactive ketones (excluding diaryl/α,β-unsaturated/α-hetero) is 2. The molecule has 0 amide bonds. The van der Waals surface area contributed by atoms with E-state index in [1.807, 2.05) is 0 Å². The molecule has 0 aliphatic heterocycles. The molecule has 1 aliphatic rings. The lowest BCUT2D eigenvalue weighted by Crippen LogP contribution is -2.21. The number of unbranched alkanes of at least 4 members (excludes halogenated alkanes) is 2. The molecule has 5 heteroatoms. The zero-order valence-corrected chi connectivity index (χ0v) is 14.9. The Balaban J connectivity index is 2.69. The van der Waals surface area contributed by atoms with Gasteiger partial charge in [-0.05, 0) is 37.9 Å². The number of carboxylic acids is 1. The number of carbonyl (C=O) groups is 3. The van der Waals surface area contributed by atoms with Crippen LogP contribution in [0.2, 0.25) is 0 Å². The van der Waals surface area contributed by atoms with Gasteiger partial charge >= 0.3 is 5.97 Å². The van der Waals surface area contributed by atoms with Crippen molar-refractivity contribution in [2.75, 3.05) is 0 Å². The second-order valence-corrected chi connectivity index (χ2v) is 6.57. The van der Waals surface area contributed by atoms with Gasteiger partial charge in [-0.25, -0.2) is 0 Å². The highest BCUT2D eigenvalue weighted by molar-refractivity contribution is 5.85. The summed E-state index contributed by atoms with van der Waals surface area (Å²) in [5.41, 5.74) is 0. The number of aliphatic hydroxyl groups is 1. The summed E-state index contributed by atoms with van der Waals surface area (Å²) >= 11 is 0. The van der Waals surface area contributed by atoms with Crippen molar-refractivity contribution in [2.24, 2.45) is 11.8 Å². The molecule has 0 radical (unpaired) electrons. The standard InChI is InChI=1S/C20H32O5/c1-2-3-6-9-15(21)12-13-17-16(18(22)14-19(17)23)10-7-4-5-8-11-20(24)25/h4,7,16-18,22H,2-3,5-6,8-14H2,1H3,(H,24,25)/b7-4-/t16-,17-,18+/m1/s1/i5D2,8D2. The van der Waals surface area contributed by atoms with Crippen molar-refractivity contribution in [1.29, 1.82) is 0 Å². The van der Waals surface area contributed by atoms with Crippen LogP contribution in [0, 0.1) is 11.8 Å². The van der Waals surface area contributed by atoms with E-state index in [4.69, 9.17) is 10.6 Å². The third-order valence-electron chi connectivity index (χ3n) is 4.58. The Morgan fingerprint density at radius 3 is 2.68 bits per heavy atom. The van der Waals surface area contributed by atoms with Crippen molar-refractivity contribution in [3.05, 3.63) is 12.2 Å². The van der Waals surface area contributed by atoms with E-state index in [1.165, 1.54) is 6.08 Å². The molecule has 2 N–H and O–H groups in total. The Kier molecular flexibility index (Phi) is 7.53. The van der Waals surface area contributed by atoms with E-state index in [9.17, 15) is 19.5 Å². The Labute approximate surface area is 156 Å². The topological polar surface area (TPSA) is 91.7 Å². The SMILES string of the molecule is [2H]C([2H])(/C=C\C[C@H]1[C@@H](O)CC(=O)[C@@H]1CCC(=O)CCCCC)C([2H])([2H])CC(=O)O. The largest absolute Gasteiger partial charge is 0.481 e. The molecule has 5 nitrogen and oxygen atoms in total. The fourth-order valence-corrected chi connectivity index (χ4v) is 3.20. The minimum Gasteiger partial charge on any atom is -0.481 e. The molecular weight excluding hydrogens is 320 g/mol. The highest BCUT2D eigenvalue weighted by Crippen LogP contribution is 2.35. The average Bonchev–Trinajstić information content (AvgIpc) is 2.85. The van der Waals surface area contributed by atoms with Crippen LogP contribution in [0.5, 0.6) is 0 Å². The van der Waals surface area contributed by atoms with E-state index >= 15 is 0 Å². The molecule has 0 bridgehead atoms. The van der Waals surface area contributed by atoms with Gasteiger partial charge in [0.2, 0.25) is 0 Å². The van der Waals surface area contributed by atoms with Crippen LogP contribution in [-0.2, 0) is 14.4 Å². The monoisotopic (exact) mass is 356 g/mol. The summed E-state index contributed by atoms with van der Waals surface area (Å²) in [6.45, 7) is 2.05. The third kappa shape index (κ3) is 8.43. The molecule has 1 rings (SSSR count). The smallest absolute Gasteiger partial charge is 0.303 e. The highest BCUT2D eigenvalue weighted by atomic mass is 16.4. The van der Waals surface area contributed by atoms with E-state index in [-0.39, 0.29) is 30.8 Å². The predicted octanol–water partition coefficient (Wildman–Crippen LogP) is 3.68. The van der Waals surface area contributed by atoms with Crippen LogP contribution < -0.4 is 0 Å². The molecule has 0 saturated heterocycles. The number of hydrogen-bond acceptors (Lipinski definition) is 4. The fraction of sp³-hybridized carbons (Fsp3) is 0.750. The van der Waals surface area contributed by atoms with Crippen molar-refractivity contribution in [2.45, 2.75) is 83.6 Å². The summed E-state index contributed by atoms with van der Waals surface area (Å²) in [6.07, 6.45) is -0.521. The number of ketones is 2. The Bertz CT molecular complexity index is 618. The first-order chi connectivity index (χ1) is 13.4. The van der Waals surface area contributed by atoms with Crippen LogP contribution in [0.3, 0.4) is 0 Å². The second-order valence-electron chi connectivity index (χ2n) is 6.57. The minimum absolute atomic E-state index is 0.0000675. The number of carbonyl (C=O) groups excluding carboxylic acids is 2. The Hall–Kier alpha value is -1.49. The summed E-state index contributed by atoms with van der Waals surface area (Å²) in [5.74, 6) is -2.39. The molecule has 142 valence electrons. The molecule has 1 saturated carbocycles. The van der Waals surface area contributed by atoms with Gasteiger partial charge in [0.25, 0.3) is 0 Å². The van der Waals surface area contributed by atoms with Gasteiger partial charge in [-0.3, -0.25) is 14.4 Å². The maximum atomic E-state index is 12.2. The third-order valence-corrected chi connectivity index (χ3v) is 4.58. The molecule has 0 heterocycles. The van der Waals surface area contributed by atoms with Crippen molar-refractivity contribution in [3.63, 3.8) is 0 Å². The first-order valence-electron chi connectivity index (χ1n) is 11.0. The van der Waals surface area contributed by atoms with Gasteiger partial charge in [-0.2, -0.15) is 0 Å². The summed E-state index contributed by atoms with van der Waals surface area (Å²) in [4.78, 5) is 34.9. The number of aliphatic carboxylic acids is 1. The predicted molar refractivity (Wildman–Crippen MR) is 96.2 cm³/mol. The van der Waals surface area contributed by atoms with Gasteiger partial charge in [-0.1, -0.05) is 31.9 Å². The van der Waals surface area contributed by atoms with Crippen LogP contribution in [0.15, 0.2) is 12.2 Å². The normalized spacial score (nSPS) is 27.0. The van der Waals surface area contributed by atoms with E-state index < -0.39 is 43.1 Å². The van der Waals surface area contributed by atoms with Crippen LogP contribution in [0.25, 0.3) is 0 Å². The van der Waals surface area contributed by atoms with E-state index in [2.05, 4.69) is 6.92 Å². The summed E-state index contributed by atoms with van der Waals surface area (Å²) < 4.78 is 31.0. The fourth-order valence-electron chi connectivity index (χ4n) is 3.20. The summed E-state index contributed by atoms with van der Waals surface area (Å²) in [7, 11) is 0. The molecule has 3 atom stereocenters. The number of hydrogen-bond donors (Lipinski definition) is 2. The van der Waals surface area contributed by atoms with Crippen molar-refractivity contribution in [1.82, 2.24) is 0 Å². The summed E-state index contributed by atoms with van der Waals surface area (Å²) in [5, 5.41) is 18.9. The first-order valence-corrected chi connectivity index (χ1v) is 9.03. The first kappa shape index (κ1) is 15.7. The molecular formula is C20H32O5. The highest BCUT2D eigenvalue weighted by Gasteiger charge is 2.40. The average molecular weight is 356 g/mol. The molecule has 0 spiro atoms. The maximum absolute atomic E-state index is 12.2. The van der Waals surface area contributed by atoms with Gasteiger partial charge < -0.3 is 10.2 Å². The Morgan fingerprint density at radius 2 is 2.00 bits per heavy atom. The van der Waals surface area contributed by atoms with Gasteiger partial charge in [-0.15, -0.1) is 0 Å². The molecule has 1 fully saturated rings. The van der Waals surface area contributed by atoms with Crippen molar-refractivity contribution < 1.29 is 30.1 Å².